The summed E-state index contributed by atoms with van der Waals surface area (Å²) in [5.74, 6) is -1.79. The van der Waals surface area contributed by atoms with Crippen LogP contribution in [0.4, 0.5) is 13.2 Å². The molecule has 0 aromatic heterocycles. The summed E-state index contributed by atoms with van der Waals surface area (Å²) in [6.07, 6.45) is -5.67. The Morgan fingerprint density at radius 1 is 0.719 bits per heavy atom. The number of hydrogen-bond donors (Lipinski definition) is 0. The highest BCUT2D eigenvalue weighted by Crippen LogP contribution is 2.31. The van der Waals surface area contributed by atoms with E-state index in [4.69, 9.17) is 4.74 Å². The van der Waals surface area contributed by atoms with Crippen LogP contribution in [0.1, 0.15) is 16.8 Å². The zero-order chi connectivity index (χ0) is 23.0. The standard InChI is InChI=1S/C24H20F3O4S/c25-24(26,27)15-16-30-22(28)17-31-23(29)18-11-13-21(14-12-18)32(19-7-3-1-4-8-19)20-9-5-2-6-10-20/h1-14H,15-17H2/q+1. The molecule has 0 unspecified atom stereocenters. The fourth-order valence-corrected chi connectivity index (χ4v) is 4.86. The molecule has 0 atom stereocenters. The van der Waals surface area contributed by atoms with Gasteiger partial charge in [0.25, 0.3) is 0 Å². The number of alkyl halides is 3. The van der Waals surface area contributed by atoms with E-state index in [0.29, 0.717) is 0 Å². The SMILES string of the molecule is O=C(COC(=O)c1ccc([S+](c2ccccc2)c2ccccc2)cc1)OCCC(F)(F)F. The van der Waals surface area contributed by atoms with Crippen molar-refractivity contribution in [1.29, 1.82) is 0 Å². The second-order valence-electron chi connectivity index (χ2n) is 6.62. The summed E-state index contributed by atoms with van der Waals surface area (Å²) in [4.78, 5) is 26.9. The second-order valence-corrected chi connectivity index (χ2v) is 8.65. The quantitative estimate of drug-likeness (QED) is 0.331. The molecule has 32 heavy (non-hydrogen) atoms. The Morgan fingerprint density at radius 3 is 1.72 bits per heavy atom. The van der Waals surface area contributed by atoms with Gasteiger partial charge in [0, 0.05) is 0 Å². The summed E-state index contributed by atoms with van der Waals surface area (Å²) in [5.41, 5.74) is 0.224. The van der Waals surface area contributed by atoms with Crippen molar-refractivity contribution in [1.82, 2.24) is 0 Å². The van der Waals surface area contributed by atoms with Crippen molar-refractivity contribution >= 4 is 22.8 Å². The van der Waals surface area contributed by atoms with Gasteiger partial charge in [0.1, 0.15) is 6.61 Å². The van der Waals surface area contributed by atoms with Crippen LogP contribution in [0.15, 0.2) is 99.6 Å². The minimum atomic E-state index is -4.42. The van der Waals surface area contributed by atoms with Gasteiger partial charge in [0.05, 0.1) is 22.9 Å². The molecule has 0 amide bonds. The molecule has 3 aromatic rings. The van der Waals surface area contributed by atoms with Crippen LogP contribution in [0, 0.1) is 0 Å². The third-order valence-electron chi connectivity index (χ3n) is 4.25. The molecule has 0 saturated carbocycles. The summed E-state index contributed by atoms with van der Waals surface area (Å²) in [7, 11) is -0.377. The molecule has 3 aromatic carbocycles. The van der Waals surface area contributed by atoms with Crippen molar-refractivity contribution in [2.45, 2.75) is 27.3 Å². The molecule has 0 spiro atoms. The van der Waals surface area contributed by atoms with E-state index < -0.39 is 37.7 Å². The van der Waals surface area contributed by atoms with Crippen molar-refractivity contribution < 1.29 is 32.2 Å². The van der Waals surface area contributed by atoms with Crippen LogP contribution in [-0.2, 0) is 25.2 Å². The number of carbonyl (C=O) groups excluding carboxylic acids is 2. The summed E-state index contributed by atoms with van der Waals surface area (Å²) in [5, 5.41) is 0. The molecule has 0 aliphatic heterocycles. The van der Waals surface area contributed by atoms with Crippen LogP contribution in [0.5, 0.6) is 0 Å². The molecule has 0 aliphatic carbocycles. The molecule has 0 fully saturated rings. The first-order chi connectivity index (χ1) is 15.3. The Labute approximate surface area is 186 Å². The Kier molecular flexibility index (Phi) is 7.94. The minimum absolute atomic E-state index is 0.224. The molecule has 4 nitrogen and oxygen atoms in total. The van der Waals surface area contributed by atoms with Crippen LogP contribution in [0.25, 0.3) is 0 Å². The lowest BCUT2D eigenvalue weighted by Crippen LogP contribution is -2.19. The minimum Gasteiger partial charge on any atom is -0.463 e. The smallest absolute Gasteiger partial charge is 0.392 e. The first-order valence-corrected chi connectivity index (χ1v) is 10.9. The predicted molar refractivity (Wildman–Crippen MR) is 113 cm³/mol. The molecular formula is C24H20F3O4S+. The van der Waals surface area contributed by atoms with Crippen LogP contribution in [0.2, 0.25) is 0 Å². The second kappa shape index (κ2) is 10.9. The number of halogens is 3. The van der Waals surface area contributed by atoms with Gasteiger partial charge in [-0.2, -0.15) is 13.2 Å². The van der Waals surface area contributed by atoms with E-state index in [-0.39, 0.29) is 16.5 Å². The number of ether oxygens (including phenoxy) is 2. The molecule has 166 valence electrons. The van der Waals surface area contributed by atoms with E-state index in [9.17, 15) is 22.8 Å². The fourth-order valence-electron chi connectivity index (χ4n) is 2.78. The average molecular weight is 461 g/mol. The monoisotopic (exact) mass is 461 g/mol. The summed E-state index contributed by atoms with van der Waals surface area (Å²) in [6.45, 7) is -1.56. The van der Waals surface area contributed by atoms with Gasteiger partial charge in [0.2, 0.25) is 0 Å². The largest absolute Gasteiger partial charge is 0.463 e. The molecule has 0 aliphatic rings. The van der Waals surface area contributed by atoms with Crippen LogP contribution < -0.4 is 0 Å². The highest BCUT2D eigenvalue weighted by atomic mass is 32.2. The van der Waals surface area contributed by atoms with Gasteiger partial charge in [-0.05, 0) is 48.5 Å². The molecule has 0 radical (unpaired) electrons. The average Bonchev–Trinajstić information content (AvgIpc) is 2.79. The molecule has 0 heterocycles. The van der Waals surface area contributed by atoms with E-state index in [2.05, 4.69) is 4.74 Å². The maximum Gasteiger partial charge on any atom is 0.392 e. The zero-order valence-electron chi connectivity index (χ0n) is 16.9. The molecule has 8 heteroatoms. The van der Waals surface area contributed by atoms with Gasteiger partial charge < -0.3 is 9.47 Å². The fraction of sp³-hybridized carbons (Fsp3) is 0.167. The lowest BCUT2D eigenvalue weighted by molar-refractivity contribution is -0.161. The molecule has 0 saturated heterocycles. The van der Waals surface area contributed by atoms with Crippen LogP contribution in [-0.4, -0.2) is 31.3 Å². The van der Waals surface area contributed by atoms with Gasteiger partial charge in [-0.15, -0.1) is 0 Å². The third kappa shape index (κ3) is 6.88. The Hall–Kier alpha value is -3.26. The zero-order valence-corrected chi connectivity index (χ0v) is 17.7. The van der Waals surface area contributed by atoms with E-state index in [0.717, 1.165) is 14.7 Å². The summed E-state index contributed by atoms with van der Waals surface area (Å²) in [6, 6.07) is 26.8. The van der Waals surface area contributed by atoms with E-state index in [1.165, 1.54) is 0 Å². The van der Waals surface area contributed by atoms with Crippen molar-refractivity contribution in [2.24, 2.45) is 0 Å². The molecular weight excluding hydrogens is 441 g/mol. The summed E-state index contributed by atoms with van der Waals surface area (Å²) < 4.78 is 45.5. The number of carbonyl (C=O) groups is 2. The third-order valence-corrected chi connectivity index (χ3v) is 6.48. The number of benzene rings is 3. The van der Waals surface area contributed by atoms with Crippen molar-refractivity contribution in [3.8, 4) is 0 Å². The highest BCUT2D eigenvalue weighted by molar-refractivity contribution is 7.97. The topological polar surface area (TPSA) is 52.6 Å². The Bertz CT molecular complexity index is 983. The lowest BCUT2D eigenvalue weighted by atomic mass is 10.2. The van der Waals surface area contributed by atoms with Gasteiger partial charge >= 0.3 is 18.1 Å². The van der Waals surface area contributed by atoms with Gasteiger partial charge in [-0.25, -0.2) is 9.59 Å². The molecule has 0 bridgehead atoms. The lowest BCUT2D eigenvalue weighted by Gasteiger charge is -2.09. The highest BCUT2D eigenvalue weighted by Gasteiger charge is 2.29. The summed E-state index contributed by atoms with van der Waals surface area (Å²) >= 11 is 0. The van der Waals surface area contributed by atoms with Crippen LogP contribution in [0.3, 0.4) is 0 Å². The number of esters is 2. The maximum atomic E-state index is 12.2. The first kappa shape index (κ1) is 23.4. The maximum absolute atomic E-state index is 12.2. The van der Waals surface area contributed by atoms with Gasteiger partial charge in [-0.3, -0.25) is 0 Å². The molecule has 3 rings (SSSR count). The first-order valence-electron chi connectivity index (χ1n) is 9.67. The van der Waals surface area contributed by atoms with Gasteiger partial charge in [-0.1, -0.05) is 36.4 Å². The van der Waals surface area contributed by atoms with Crippen molar-refractivity contribution in [3.63, 3.8) is 0 Å². The normalized spacial score (nSPS) is 11.2. The van der Waals surface area contributed by atoms with Crippen molar-refractivity contribution in [2.75, 3.05) is 13.2 Å². The predicted octanol–water partition coefficient (Wildman–Crippen LogP) is 5.43. The Balaban J connectivity index is 1.65. The number of rotatable bonds is 8. The van der Waals surface area contributed by atoms with E-state index >= 15 is 0 Å². The number of hydrogen-bond acceptors (Lipinski definition) is 4. The van der Waals surface area contributed by atoms with Crippen LogP contribution >= 0.6 is 0 Å². The van der Waals surface area contributed by atoms with E-state index in [1.54, 1.807) is 12.1 Å². The Morgan fingerprint density at radius 2 is 1.22 bits per heavy atom. The van der Waals surface area contributed by atoms with E-state index in [1.807, 2.05) is 72.8 Å². The van der Waals surface area contributed by atoms with Gasteiger partial charge in [0.15, 0.2) is 21.3 Å². The van der Waals surface area contributed by atoms with Crippen molar-refractivity contribution in [3.05, 3.63) is 90.5 Å². The molecule has 0 N–H and O–H groups in total.